The molecule has 22 heavy (non-hydrogen) atoms. The molecule has 112 valence electrons. The average molecular weight is 294 g/mol. The number of nitrogens with one attached hydrogen (secondary N) is 1. The van der Waals surface area contributed by atoms with Crippen molar-refractivity contribution in [2.24, 2.45) is 0 Å². The third-order valence-corrected chi connectivity index (χ3v) is 3.88. The number of hydrogen-bond acceptors (Lipinski definition) is 2. The van der Waals surface area contributed by atoms with Crippen LogP contribution in [0.2, 0.25) is 0 Å². The maximum Gasteiger partial charge on any atom is 0.246 e. The summed E-state index contributed by atoms with van der Waals surface area (Å²) >= 11 is 0. The normalized spacial score (nSPS) is 15.3. The summed E-state index contributed by atoms with van der Waals surface area (Å²) in [5, 5.41) is 0. The fraction of sp³-hybridized carbons (Fsp3) is 0.222. The number of hydrogen-bond donors (Lipinski definition) is 0. The molecule has 4 heteroatoms. The van der Waals surface area contributed by atoms with Crippen LogP contribution in [0.25, 0.3) is 6.08 Å². The van der Waals surface area contributed by atoms with Gasteiger partial charge in [0.25, 0.3) is 0 Å². The van der Waals surface area contributed by atoms with Crippen molar-refractivity contribution < 1.29 is 9.78 Å². The number of carbonyl (C=O) groups is 1. The van der Waals surface area contributed by atoms with Crippen LogP contribution >= 0.6 is 0 Å². The van der Waals surface area contributed by atoms with Gasteiger partial charge in [0.05, 0.1) is 0 Å². The van der Waals surface area contributed by atoms with E-state index >= 15 is 0 Å². The summed E-state index contributed by atoms with van der Waals surface area (Å²) in [5.74, 6) is 0.0879. The summed E-state index contributed by atoms with van der Waals surface area (Å²) < 4.78 is 0. The molecule has 0 spiro atoms. The Morgan fingerprint density at radius 3 is 2.32 bits per heavy atom. The molecular weight excluding hydrogens is 274 g/mol. The van der Waals surface area contributed by atoms with Gasteiger partial charge in [-0.05, 0) is 11.6 Å². The predicted molar refractivity (Wildman–Crippen MR) is 87.3 cm³/mol. The molecule has 4 nitrogen and oxygen atoms in total. The number of aromatic nitrogens is 1. The minimum Gasteiger partial charge on any atom is -0.368 e. The summed E-state index contributed by atoms with van der Waals surface area (Å²) in [6, 6.07) is 14.0. The molecule has 0 bridgehead atoms. The first-order valence-corrected chi connectivity index (χ1v) is 7.56. The average Bonchev–Trinajstić information content (AvgIpc) is 2.61. The topological polar surface area (TPSA) is 37.7 Å². The number of piperazine rings is 1. The zero-order valence-electron chi connectivity index (χ0n) is 12.5. The van der Waals surface area contributed by atoms with Gasteiger partial charge in [0.1, 0.15) is 0 Å². The number of rotatable bonds is 3. The minimum atomic E-state index is 0.0879. The maximum absolute atomic E-state index is 12.2. The second kappa shape index (κ2) is 6.89. The molecule has 1 saturated heterocycles. The van der Waals surface area contributed by atoms with E-state index in [4.69, 9.17) is 0 Å². The van der Waals surface area contributed by atoms with E-state index in [1.165, 1.54) is 5.69 Å². The Kier molecular flexibility index (Phi) is 4.49. The van der Waals surface area contributed by atoms with E-state index in [9.17, 15) is 4.79 Å². The molecule has 2 heterocycles. The van der Waals surface area contributed by atoms with E-state index < -0.39 is 0 Å². The van der Waals surface area contributed by atoms with E-state index in [0.29, 0.717) is 0 Å². The molecule has 1 fully saturated rings. The Hall–Kier alpha value is -2.62. The van der Waals surface area contributed by atoms with Crippen LogP contribution in [0.5, 0.6) is 0 Å². The van der Waals surface area contributed by atoms with E-state index in [-0.39, 0.29) is 5.91 Å². The van der Waals surface area contributed by atoms with Gasteiger partial charge >= 0.3 is 0 Å². The van der Waals surface area contributed by atoms with Crippen LogP contribution in [0.4, 0.5) is 5.69 Å². The second-order valence-corrected chi connectivity index (χ2v) is 5.31. The van der Waals surface area contributed by atoms with Crippen LogP contribution < -0.4 is 9.88 Å². The summed E-state index contributed by atoms with van der Waals surface area (Å²) in [5.41, 5.74) is 2.25. The Bertz CT molecular complexity index is 632. The monoisotopic (exact) mass is 294 g/mol. The first-order chi connectivity index (χ1) is 10.8. The fourth-order valence-corrected chi connectivity index (χ4v) is 2.61. The van der Waals surface area contributed by atoms with Gasteiger partial charge in [-0.2, -0.15) is 0 Å². The number of aromatic amines is 1. The van der Waals surface area contributed by atoms with Crippen molar-refractivity contribution in [2.45, 2.75) is 0 Å². The Balaban J connectivity index is 1.55. The standard InChI is InChI=1S/C18H19N3O/c22-18(7-6-16-4-2-1-3-5-16)21-14-12-20(13-15-21)17-8-10-19-11-9-17/h1-11H,12-15H2/p+1/b7-6+. The molecule has 2 aromatic rings. The maximum atomic E-state index is 12.2. The summed E-state index contributed by atoms with van der Waals surface area (Å²) in [4.78, 5) is 19.5. The summed E-state index contributed by atoms with van der Waals surface area (Å²) in [6.45, 7) is 3.26. The van der Waals surface area contributed by atoms with Crippen LogP contribution in [0, 0.1) is 0 Å². The number of anilines is 1. The highest BCUT2D eigenvalue weighted by molar-refractivity contribution is 5.91. The van der Waals surface area contributed by atoms with E-state index in [2.05, 4.69) is 22.0 Å². The predicted octanol–water partition coefficient (Wildman–Crippen LogP) is 1.86. The highest BCUT2D eigenvalue weighted by Gasteiger charge is 2.19. The molecule has 1 amide bonds. The quantitative estimate of drug-likeness (QED) is 0.810. The van der Waals surface area contributed by atoms with Gasteiger partial charge in [-0.3, -0.25) is 4.79 Å². The van der Waals surface area contributed by atoms with Crippen molar-refractivity contribution in [2.75, 3.05) is 31.1 Å². The van der Waals surface area contributed by atoms with Gasteiger partial charge in [-0.1, -0.05) is 30.3 Å². The van der Waals surface area contributed by atoms with Crippen molar-refractivity contribution in [3.05, 3.63) is 66.5 Å². The number of carbonyl (C=O) groups excluding carboxylic acids is 1. The molecule has 0 saturated carbocycles. The van der Waals surface area contributed by atoms with E-state index in [1.807, 2.05) is 53.7 Å². The van der Waals surface area contributed by atoms with Gasteiger partial charge in [0.15, 0.2) is 12.4 Å². The molecule has 1 aromatic carbocycles. The molecule has 3 rings (SSSR count). The highest BCUT2D eigenvalue weighted by atomic mass is 16.2. The van der Waals surface area contributed by atoms with Crippen molar-refractivity contribution in [1.29, 1.82) is 0 Å². The number of amides is 1. The molecule has 1 aliphatic rings. The first-order valence-electron chi connectivity index (χ1n) is 7.56. The van der Waals surface area contributed by atoms with Gasteiger partial charge in [-0.25, -0.2) is 4.98 Å². The van der Waals surface area contributed by atoms with Crippen LogP contribution in [-0.2, 0) is 4.79 Å². The van der Waals surface area contributed by atoms with Crippen molar-refractivity contribution in [3.8, 4) is 0 Å². The van der Waals surface area contributed by atoms with Gasteiger partial charge < -0.3 is 9.80 Å². The van der Waals surface area contributed by atoms with Crippen LogP contribution in [-0.4, -0.2) is 37.0 Å². The lowest BCUT2D eigenvalue weighted by Crippen LogP contribution is -2.48. The summed E-state index contributed by atoms with van der Waals surface area (Å²) in [6.07, 6.45) is 7.40. The van der Waals surface area contributed by atoms with Crippen LogP contribution in [0.15, 0.2) is 60.9 Å². The van der Waals surface area contributed by atoms with Gasteiger partial charge in [0.2, 0.25) is 5.91 Å². The largest absolute Gasteiger partial charge is 0.368 e. The van der Waals surface area contributed by atoms with Gasteiger partial charge in [-0.15, -0.1) is 0 Å². The third-order valence-electron chi connectivity index (χ3n) is 3.88. The number of nitrogens with zero attached hydrogens (tertiary/aromatic N) is 2. The second-order valence-electron chi connectivity index (χ2n) is 5.31. The number of H-pyrrole nitrogens is 1. The first kappa shape index (κ1) is 14.3. The van der Waals surface area contributed by atoms with Crippen molar-refractivity contribution >= 4 is 17.7 Å². The van der Waals surface area contributed by atoms with E-state index in [1.54, 1.807) is 6.08 Å². The number of pyridine rings is 1. The molecule has 0 radical (unpaired) electrons. The molecule has 0 aliphatic carbocycles. The van der Waals surface area contributed by atoms with E-state index in [0.717, 1.165) is 31.7 Å². The lowest BCUT2D eigenvalue weighted by molar-refractivity contribution is -0.377. The minimum absolute atomic E-state index is 0.0879. The Morgan fingerprint density at radius 1 is 0.955 bits per heavy atom. The SMILES string of the molecule is O=C(/C=C/c1ccccc1)N1CCN(c2cc[nH+]cc2)CC1. The van der Waals surface area contributed by atoms with Crippen LogP contribution in [0.3, 0.4) is 0 Å². The lowest BCUT2D eigenvalue weighted by atomic mass is 10.2. The number of benzene rings is 1. The van der Waals surface area contributed by atoms with Crippen molar-refractivity contribution in [1.82, 2.24) is 4.90 Å². The molecule has 1 N–H and O–H groups in total. The lowest BCUT2D eigenvalue weighted by Gasteiger charge is -2.35. The summed E-state index contributed by atoms with van der Waals surface area (Å²) in [7, 11) is 0. The molecule has 0 unspecified atom stereocenters. The Labute approximate surface area is 130 Å². The zero-order chi connectivity index (χ0) is 15.2. The van der Waals surface area contributed by atoms with Crippen LogP contribution in [0.1, 0.15) is 5.56 Å². The smallest absolute Gasteiger partial charge is 0.246 e. The fourth-order valence-electron chi connectivity index (χ4n) is 2.61. The highest BCUT2D eigenvalue weighted by Crippen LogP contribution is 2.14. The third kappa shape index (κ3) is 3.52. The Morgan fingerprint density at radius 2 is 1.64 bits per heavy atom. The molecular formula is C18H20N3O+. The van der Waals surface area contributed by atoms with Gasteiger partial charge in [0, 0.05) is 50.1 Å². The molecule has 1 aromatic heterocycles. The van der Waals surface area contributed by atoms with Crippen molar-refractivity contribution in [3.63, 3.8) is 0 Å². The zero-order valence-corrected chi connectivity index (χ0v) is 12.5. The molecule has 1 aliphatic heterocycles. The molecule has 0 atom stereocenters.